The summed E-state index contributed by atoms with van der Waals surface area (Å²) in [5.41, 5.74) is 0. The molecule has 0 aliphatic heterocycles. The Hall–Kier alpha value is -0.120. The summed E-state index contributed by atoms with van der Waals surface area (Å²) in [6, 6.07) is 0. The number of unbranched alkanes of at least 4 members (excludes halogenated alkanes) is 11. The van der Waals surface area contributed by atoms with E-state index in [-0.39, 0.29) is 12.5 Å². The average molecular weight is 345 g/mol. The SMILES string of the molecule is CCCCCCCCCCCCCCOCCCOCC(C)CO. The maximum absolute atomic E-state index is 8.87. The van der Waals surface area contributed by atoms with Crippen LogP contribution in [0.25, 0.3) is 0 Å². The van der Waals surface area contributed by atoms with Gasteiger partial charge in [0.1, 0.15) is 0 Å². The molecule has 24 heavy (non-hydrogen) atoms. The average Bonchev–Trinajstić information content (AvgIpc) is 2.60. The summed E-state index contributed by atoms with van der Waals surface area (Å²) < 4.78 is 11.1. The highest BCUT2D eigenvalue weighted by Gasteiger charge is 1.99. The lowest BCUT2D eigenvalue weighted by molar-refractivity contribution is 0.0555. The monoisotopic (exact) mass is 344 g/mol. The summed E-state index contributed by atoms with van der Waals surface area (Å²) in [6.07, 6.45) is 17.6. The highest BCUT2D eigenvalue weighted by atomic mass is 16.5. The van der Waals surface area contributed by atoms with Gasteiger partial charge in [0.25, 0.3) is 0 Å². The molecule has 0 aliphatic carbocycles. The van der Waals surface area contributed by atoms with Gasteiger partial charge < -0.3 is 14.6 Å². The molecule has 0 aromatic heterocycles. The van der Waals surface area contributed by atoms with Gasteiger partial charge in [0.05, 0.1) is 6.61 Å². The van der Waals surface area contributed by atoms with Crippen LogP contribution in [0.5, 0.6) is 0 Å². The number of hydrogen-bond donors (Lipinski definition) is 1. The van der Waals surface area contributed by atoms with Gasteiger partial charge in [0.15, 0.2) is 0 Å². The maximum Gasteiger partial charge on any atom is 0.0513 e. The van der Waals surface area contributed by atoms with E-state index in [1.807, 2.05) is 6.92 Å². The van der Waals surface area contributed by atoms with Crippen molar-refractivity contribution in [2.75, 3.05) is 33.0 Å². The summed E-state index contributed by atoms with van der Waals surface area (Å²) in [4.78, 5) is 0. The lowest BCUT2D eigenvalue weighted by Gasteiger charge is -2.09. The Bertz CT molecular complexity index is 221. The fourth-order valence-corrected chi connectivity index (χ4v) is 2.75. The van der Waals surface area contributed by atoms with E-state index in [0.717, 1.165) is 26.2 Å². The largest absolute Gasteiger partial charge is 0.396 e. The second kappa shape index (κ2) is 20.9. The van der Waals surface area contributed by atoms with Crippen LogP contribution in [0.15, 0.2) is 0 Å². The normalized spacial score (nSPS) is 12.6. The maximum atomic E-state index is 8.87. The Balaban J connectivity index is 2.98. The minimum Gasteiger partial charge on any atom is -0.396 e. The molecule has 0 aromatic carbocycles. The number of aliphatic hydroxyl groups excluding tert-OH is 1. The smallest absolute Gasteiger partial charge is 0.0513 e. The van der Waals surface area contributed by atoms with E-state index in [9.17, 15) is 0 Å². The van der Waals surface area contributed by atoms with Gasteiger partial charge in [0.2, 0.25) is 0 Å². The van der Waals surface area contributed by atoms with Gasteiger partial charge in [-0.25, -0.2) is 0 Å². The summed E-state index contributed by atoms with van der Waals surface area (Å²) in [5.74, 6) is 0.243. The second-order valence-corrected chi connectivity index (χ2v) is 7.22. The van der Waals surface area contributed by atoms with Crippen molar-refractivity contribution in [3.05, 3.63) is 0 Å². The molecule has 1 N–H and O–H groups in total. The number of hydrogen-bond acceptors (Lipinski definition) is 3. The van der Waals surface area contributed by atoms with Crippen LogP contribution >= 0.6 is 0 Å². The molecular weight excluding hydrogens is 300 g/mol. The first kappa shape index (κ1) is 23.9. The first-order valence-corrected chi connectivity index (χ1v) is 10.6. The van der Waals surface area contributed by atoms with Crippen molar-refractivity contribution in [2.45, 2.75) is 97.3 Å². The number of rotatable bonds is 20. The van der Waals surface area contributed by atoms with Gasteiger partial charge in [-0.05, 0) is 12.8 Å². The molecule has 0 amide bonds. The highest BCUT2D eigenvalue weighted by Crippen LogP contribution is 2.11. The van der Waals surface area contributed by atoms with E-state index in [1.165, 1.54) is 77.0 Å². The second-order valence-electron chi connectivity index (χ2n) is 7.22. The predicted octanol–water partition coefficient (Wildman–Crippen LogP) is 5.74. The minimum atomic E-state index is 0.204. The van der Waals surface area contributed by atoms with E-state index in [0.29, 0.717) is 6.61 Å². The van der Waals surface area contributed by atoms with Gasteiger partial charge in [0, 0.05) is 32.3 Å². The van der Waals surface area contributed by atoms with Crippen molar-refractivity contribution in [3.63, 3.8) is 0 Å². The van der Waals surface area contributed by atoms with Crippen LogP contribution < -0.4 is 0 Å². The third kappa shape index (κ3) is 19.9. The Morgan fingerprint density at radius 1 is 0.625 bits per heavy atom. The van der Waals surface area contributed by atoms with Crippen molar-refractivity contribution < 1.29 is 14.6 Å². The molecule has 0 aromatic rings. The van der Waals surface area contributed by atoms with Crippen molar-refractivity contribution in [1.29, 1.82) is 0 Å². The Morgan fingerprint density at radius 2 is 1.08 bits per heavy atom. The molecule has 1 unspecified atom stereocenters. The first-order valence-electron chi connectivity index (χ1n) is 10.6. The molecule has 0 aliphatic rings. The first-order chi connectivity index (χ1) is 11.8. The topological polar surface area (TPSA) is 38.7 Å². The third-order valence-electron chi connectivity index (χ3n) is 4.43. The summed E-state index contributed by atoms with van der Waals surface area (Å²) in [5, 5.41) is 8.87. The molecule has 0 radical (unpaired) electrons. The van der Waals surface area contributed by atoms with Crippen LogP contribution in [0.4, 0.5) is 0 Å². The van der Waals surface area contributed by atoms with Gasteiger partial charge in [-0.15, -0.1) is 0 Å². The number of ether oxygens (including phenoxy) is 2. The van der Waals surface area contributed by atoms with Gasteiger partial charge in [-0.1, -0.05) is 84.5 Å². The van der Waals surface area contributed by atoms with Crippen LogP contribution in [0.2, 0.25) is 0 Å². The summed E-state index contributed by atoms with van der Waals surface area (Å²) in [6.45, 7) is 7.55. The van der Waals surface area contributed by atoms with Crippen LogP contribution in [0.1, 0.15) is 97.3 Å². The summed E-state index contributed by atoms with van der Waals surface area (Å²) in [7, 11) is 0. The Labute approximate surface area is 151 Å². The van der Waals surface area contributed by atoms with E-state index in [1.54, 1.807) is 0 Å². The molecule has 0 rings (SSSR count). The minimum absolute atomic E-state index is 0.204. The molecule has 146 valence electrons. The zero-order chi connectivity index (χ0) is 17.7. The van der Waals surface area contributed by atoms with Gasteiger partial charge in [-0.2, -0.15) is 0 Å². The molecule has 0 bridgehead atoms. The molecule has 1 atom stereocenters. The fraction of sp³-hybridized carbons (Fsp3) is 1.00. The zero-order valence-electron chi connectivity index (χ0n) is 16.6. The standard InChI is InChI=1S/C21H44O3/c1-3-4-5-6-7-8-9-10-11-12-13-14-16-23-17-15-18-24-20-21(2)19-22/h21-22H,3-20H2,1-2H3. The lowest BCUT2D eigenvalue weighted by atomic mass is 10.1. The van der Waals surface area contributed by atoms with Crippen LogP contribution in [-0.4, -0.2) is 38.1 Å². The molecule has 0 saturated carbocycles. The van der Waals surface area contributed by atoms with Crippen LogP contribution in [0.3, 0.4) is 0 Å². The molecule has 0 heterocycles. The third-order valence-corrected chi connectivity index (χ3v) is 4.43. The molecular formula is C21H44O3. The van der Waals surface area contributed by atoms with Gasteiger partial charge in [-0.3, -0.25) is 0 Å². The van der Waals surface area contributed by atoms with Crippen molar-refractivity contribution >= 4 is 0 Å². The Kier molecular flexibility index (Phi) is 20.8. The van der Waals surface area contributed by atoms with Gasteiger partial charge >= 0.3 is 0 Å². The van der Waals surface area contributed by atoms with E-state index < -0.39 is 0 Å². The Morgan fingerprint density at radius 3 is 1.62 bits per heavy atom. The predicted molar refractivity (Wildman–Crippen MR) is 104 cm³/mol. The zero-order valence-corrected chi connectivity index (χ0v) is 16.6. The molecule has 0 fully saturated rings. The molecule has 3 nitrogen and oxygen atoms in total. The molecule has 3 heteroatoms. The lowest BCUT2D eigenvalue weighted by Crippen LogP contribution is -2.11. The summed E-state index contributed by atoms with van der Waals surface area (Å²) >= 11 is 0. The van der Waals surface area contributed by atoms with Crippen molar-refractivity contribution in [2.24, 2.45) is 5.92 Å². The van der Waals surface area contributed by atoms with E-state index in [2.05, 4.69) is 6.92 Å². The van der Waals surface area contributed by atoms with Crippen molar-refractivity contribution in [3.8, 4) is 0 Å². The van der Waals surface area contributed by atoms with E-state index >= 15 is 0 Å². The quantitative estimate of drug-likeness (QED) is 0.286. The fourth-order valence-electron chi connectivity index (χ4n) is 2.75. The molecule has 0 saturated heterocycles. The van der Waals surface area contributed by atoms with Crippen LogP contribution in [0, 0.1) is 5.92 Å². The van der Waals surface area contributed by atoms with Crippen LogP contribution in [-0.2, 0) is 9.47 Å². The van der Waals surface area contributed by atoms with E-state index in [4.69, 9.17) is 14.6 Å². The van der Waals surface area contributed by atoms with Crippen molar-refractivity contribution in [1.82, 2.24) is 0 Å². The number of aliphatic hydroxyl groups is 1. The molecule has 0 spiro atoms. The highest BCUT2D eigenvalue weighted by molar-refractivity contribution is 4.49.